The van der Waals surface area contributed by atoms with Crippen LogP contribution in [0.25, 0.3) is 10.2 Å². The van der Waals surface area contributed by atoms with Crippen molar-refractivity contribution < 1.29 is 13.9 Å². The number of thiazole rings is 1. The van der Waals surface area contributed by atoms with Gasteiger partial charge in [0.25, 0.3) is 5.91 Å². The third-order valence-corrected chi connectivity index (χ3v) is 4.93. The monoisotopic (exact) mass is 388 g/mol. The number of carbonyl (C=O) groups excluding carboxylic acids is 1. The molecule has 2 aromatic carbocycles. The molecule has 7 heteroatoms. The van der Waals surface area contributed by atoms with E-state index in [1.54, 1.807) is 4.57 Å². The fraction of sp³-hybridized carbons (Fsp3) is 0.158. The van der Waals surface area contributed by atoms with Crippen molar-refractivity contribution >= 4 is 39.1 Å². The largest absolute Gasteiger partial charge is 0.494 e. The number of aromatic nitrogens is 1. The van der Waals surface area contributed by atoms with E-state index in [0.717, 1.165) is 22.0 Å². The molecule has 3 aromatic rings. The summed E-state index contributed by atoms with van der Waals surface area (Å²) in [7, 11) is 0. The molecular formula is C19H14ClFN2O2S. The molecule has 0 saturated heterocycles. The van der Waals surface area contributed by atoms with Crippen molar-refractivity contribution in [2.45, 2.75) is 13.5 Å². The summed E-state index contributed by atoms with van der Waals surface area (Å²) in [5.74, 6) is 2.22. The summed E-state index contributed by atoms with van der Waals surface area (Å²) < 4.78 is 21.3. The van der Waals surface area contributed by atoms with Crippen LogP contribution in [0, 0.1) is 18.2 Å². The van der Waals surface area contributed by atoms with Gasteiger partial charge in [-0.3, -0.25) is 4.79 Å². The van der Waals surface area contributed by atoms with E-state index >= 15 is 0 Å². The summed E-state index contributed by atoms with van der Waals surface area (Å²) >= 11 is 7.27. The Morgan fingerprint density at radius 3 is 2.88 bits per heavy atom. The molecule has 1 heterocycles. The predicted octanol–water partition coefficient (Wildman–Crippen LogP) is 4.27. The van der Waals surface area contributed by atoms with E-state index in [1.165, 1.54) is 23.5 Å². The molecule has 0 spiro atoms. The second kappa shape index (κ2) is 7.73. The highest BCUT2D eigenvalue weighted by molar-refractivity contribution is 7.16. The molecule has 0 aliphatic rings. The van der Waals surface area contributed by atoms with Crippen LogP contribution < -0.4 is 9.54 Å². The van der Waals surface area contributed by atoms with Crippen molar-refractivity contribution in [3.8, 4) is 18.1 Å². The fourth-order valence-corrected chi connectivity index (χ4v) is 3.75. The van der Waals surface area contributed by atoms with E-state index in [-0.39, 0.29) is 17.1 Å². The number of hydrogen-bond donors (Lipinski definition) is 0. The Kier molecular flexibility index (Phi) is 5.40. The van der Waals surface area contributed by atoms with Crippen molar-refractivity contribution in [3.05, 3.63) is 57.6 Å². The van der Waals surface area contributed by atoms with Gasteiger partial charge in [-0.1, -0.05) is 28.9 Å². The predicted molar refractivity (Wildman–Crippen MR) is 101 cm³/mol. The van der Waals surface area contributed by atoms with Crippen molar-refractivity contribution in [1.29, 1.82) is 0 Å². The molecule has 0 aliphatic carbocycles. The lowest BCUT2D eigenvalue weighted by Crippen LogP contribution is -2.16. The Morgan fingerprint density at radius 1 is 1.38 bits per heavy atom. The summed E-state index contributed by atoms with van der Waals surface area (Å²) in [6.45, 7) is 2.72. The summed E-state index contributed by atoms with van der Waals surface area (Å²) in [6, 6.07) is 9.17. The molecule has 0 atom stereocenters. The smallest absolute Gasteiger partial charge is 0.281 e. The average Bonchev–Trinajstić information content (AvgIpc) is 2.92. The number of nitrogens with zero attached hydrogens (tertiary/aromatic N) is 2. The molecule has 0 radical (unpaired) electrons. The third-order valence-electron chi connectivity index (χ3n) is 3.57. The minimum absolute atomic E-state index is 0.0157. The van der Waals surface area contributed by atoms with Crippen LogP contribution in [-0.2, 0) is 6.54 Å². The highest BCUT2D eigenvalue weighted by Gasteiger charge is 2.13. The molecule has 0 N–H and O–H groups in total. The van der Waals surface area contributed by atoms with Crippen LogP contribution >= 0.6 is 22.9 Å². The first-order chi connectivity index (χ1) is 12.5. The molecule has 0 fully saturated rings. The minimum atomic E-state index is -0.558. The number of amides is 1. The van der Waals surface area contributed by atoms with Crippen LogP contribution in [-0.4, -0.2) is 17.1 Å². The summed E-state index contributed by atoms with van der Waals surface area (Å²) in [6.07, 6.45) is 5.46. The van der Waals surface area contributed by atoms with Gasteiger partial charge in [-0.2, -0.15) is 4.99 Å². The van der Waals surface area contributed by atoms with Crippen LogP contribution in [0.2, 0.25) is 5.02 Å². The van der Waals surface area contributed by atoms with Gasteiger partial charge in [0.05, 0.1) is 34.0 Å². The Labute approximate surface area is 158 Å². The van der Waals surface area contributed by atoms with Gasteiger partial charge in [-0.05, 0) is 43.3 Å². The van der Waals surface area contributed by atoms with Crippen molar-refractivity contribution in [3.63, 3.8) is 0 Å². The lowest BCUT2D eigenvalue weighted by Gasteiger charge is -2.03. The van der Waals surface area contributed by atoms with Gasteiger partial charge >= 0.3 is 0 Å². The molecule has 132 valence electrons. The first-order valence-corrected chi connectivity index (χ1v) is 8.96. The maximum absolute atomic E-state index is 13.2. The lowest BCUT2D eigenvalue weighted by molar-refractivity contribution is 0.0998. The molecule has 0 bridgehead atoms. The van der Waals surface area contributed by atoms with Gasteiger partial charge < -0.3 is 9.30 Å². The molecule has 3 rings (SSSR count). The maximum Gasteiger partial charge on any atom is 0.281 e. The van der Waals surface area contributed by atoms with E-state index in [0.29, 0.717) is 11.4 Å². The topological polar surface area (TPSA) is 43.6 Å². The van der Waals surface area contributed by atoms with Gasteiger partial charge in [0.1, 0.15) is 11.6 Å². The molecule has 0 aliphatic heterocycles. The second-order valence-corrected chi connectivity index (χ2v) is 6.69. The van der Waals surface area contributed by atoms with Crippen LogP contribution in [0.4, 0.5) is 4.39 Å². The molecule has 26 heavy (non-hydrogen) atoms. The summed E-state index contributed by atoms with van der Waals surface area (Å²) in [5, 5.41) is 0.0157. The zero-order valence-corrected chi connectivity index (χ0v) is 15.4. The Hall–Kier alpha value is -2.62. The molecule has 0 unspecified atom stereocenters. The van der Waals surface area contributed by atoms with Crippen LogP contribution in [0.15, 0.2) is 41.4 Å². The van der Waals surface area contributed by atoms with Crippen LogP contribution in [0.3, 0.4) is 0 Å². The van der Waals surface area contributed by atoms with Crippen molar-refractivity contribution in [2.24, 2.45) is 4.99 Å². The number of benzene rings is 2. The lowest BCUT2D eigenvalue weighted by atomic mass is 10.2. The van der Waals surface area contributed by atoms with E-state index in [4.69, 9.17) is 22.8 Å². The van der Waals surface area contributed by atoms with Crippen molar-refractivity contribution in [2.75, 3.05) is 6.61 Å². The number of hydrogen-bond acceptors (Lipinski definition) is 3. The standard InChI is InChI=1S/C19H14ClFN2O2S/c1-3-9-23-16-8-6-13(25-4-2)11-17(16)26-19(23)22-18(24)14-7-5-12(21)10-15(14)20/h1,5-8,10-11H,4,9H2,2H3. The average molecular weight is 389 g/mol. The molecular weight excluding hydrogens is 375 g/mol. The first-order valence-electron chi connectivity index (χ1n) is 7.77. The zero-order valence-electron chi connectivity index (χ0n) is 13.8. The number of ether oxygens (including phenoxy) is 1. The quantitative estimate of drug-likeness (QED) is 0.626. The SMILES string of the molecule is C#CCn1c(=NC(=O)c2ccc(F)cc2Cl)sc2cc(OCC)ccc21. The first kappa shape index (κ1) is 18.2. The van der Waals surface area contributed by atoms with E-state index < -0.39 is 11.7 Å². The molecule has 1 amide bonds. The van der Waals surface area contributed by atoms with E-state index in [2.05, 4.69) is 10.9 Å². The normalized spacial score (nSPS) is 11.5. The van der Waals surface area contributed by atoms with E-state index in [1.807, 2.05) is 25.1 Å². The third kappa shape index (κ3) is 3.64. The van der Waals surface area contributed by atoms with Crippen LogP contribution in [0.1, 0.15) is 17.3 Å². The van der Waals surface area contributed by atoms with Gasteiger partial charge in [-0.25, -0.2) is 4.39 Å². The highest BCUT2D eigenvalue weighted by Crippen LogP contribution is 2.24. The minimum Gasteiger partial charge on any atom is -0.494 e. The van der Waals surface area contributed by atoms with Crippen molar-refractivity contribution in [1.82, 2.24) is 4.57 Å². The van der Waals surface area contributed by atoms with Crippen LogP contribution in [0.5, 0.6) is 5.75 Å². The Morgan fingerprint density at radius 2 is 2.19 bits per heavy atom. The number of carbonyl (C=O) groups is 1. The maximum atomic E-state index is 13.2. The highest BCUT2D eigenvalue weighted by atomic mass is 35.5. The number of terminal acetylenes is 1. The fourth-order valence-electron chi connectivity index (χ4n) is 2.45. The summed E-state index contributed by atoms with van der Waals surface area (Å²) in [5.41, 5.74) is 0.987. The zero-order chi connectivity index (χ0) is 18.7. The second-order valence-electron chi connectivity index (χ2n) is 5.28. The van der Waals surface area contributed by atoms with E-state index in [9.17, 15) is 9.18 Å². The van der Waals surface area contributed by atoms with Gasteiger partial charge in [0.2, 0.25) is 0 Å². The summed E-state index contributed by atoms with van der Waals surface area (Å²) in [4.78, 5) is 17.1. The number of rotatable bonds is 4. The Bertz CT molecular complexity index is 1100. The van der Waals surface area contributed by atoms with Gasteiger partial charge in [0.15, 0.2) is 4.80 Å². The van der Waals surface area contributed by atoms with Gasteiger partial charge in [0, 0.05) is 0 Å². The number of fused-ring (bicyclic) bond motifs is 1. The van der Waals surface area contributed by atoms with Gasteiger partial charge in [-0.15, -0.1) is 6.42 Å². The Balaban J connectivity index is 2.13. The molecule has 4 nitrogen and oxygen atoms in total. The molecule has 0 saturated carbocycles. The number of halogens is 2. The molecule has 1 aromatic heterocycles.